The minimum Gasteiger partial charge on any atom is -0.469 e. The number of nitrogens with one attached hydrogen (secondary N) is 1. The van der Waals surface area contributed by atoms with Crippen molar-refractivity contribution >= 4 is 24.0 Å². The number of alkyl carbamates (subject to hydrolysis) is 1. The van der Waals surface area contributed by atoms with E-state index in [0.29, 0.717) is 30.8 Å². The van der Waals surface area contributed by atoms with Crippen LogP contribution in [-0.4, -0.2) is 51.9 Å². The fraction of sp³-hybridized carbons (Fsp3) is 0.364. The number of carbonyl (C=O) groups is 4. The van der Waals surface area contributed by atoms with E-state index in [4.69, 9.17) is 20.9 Å². The summed E-state index contributed by atoms with van der Waals surface area (Å²) < 4.78 is 18.0. The third-order valence-electron chi connectivity index (χ3n) is 6.14. The van der Waals surface area contributed by atoms with Crippen LogP contribution in [0, 0.1) is 23.7 Å². The van der Waals surface area contributed by atoms with Crippen LogP contribution in [0.4, 0.5) is 4.79 Å². The molecule has 11 heteroatoms. The maximum atomic E-state index is 11.7. The molecule has 0 unspecified atom stereocenters. The lowest BCUT2D eigenvalue weighted by atomic mass is 10.0. The van der Waals surface area contributed by atoms with E-state index in [-0.39, 0.29) is 18.5 Å². The number of aryl methyl sites for hydroxylation is 1. The smallest absolute Gasteiger partial charge is 0.407 e. The van der Waals surface area contributed by atoms with E-state index in [0.717, 1.165) is 23.1 Å². The predicted molar refractivity (Wildman–Crippen MR) is 223 cm³/mol. The Kier molecular flexibility index (Phi) is 40.0. The lowest BCUT2D eigenvalue weighted by molar-refractivity contribution is -0.139. The molecule has 2 rings (SSSR count). The molecule has 0 radical (unpaired) electrons. The maximum Gasteiger partial charge on any atom is 0.407 e. The second kappa shape index (κ2) is 39.3. The van der Waals surface area contributed by atoms with Gasteiger partial charge in [-0.3, -0.25) is 9.59 Å². The molecule has 0 fully saturated rings. The first-order valence-electron chi connectivity index (χ1n) is 17.5. The number of benzene rings is 2. The summed E-state index contributed by atoms with van der Waals surface area (Å²) in [4.78, 5) is 42.7. The van der Waals surface area contributed by atoms with Crippen LogP contribution < -0.4 is 16.8 Å². The number of ether oxygens (including phenoxy) is 4. The summed E-state index contributed by atoms with van der Waals surface area (Å²) in [6, 6.07) is 16.1. The van der Waals surface area contributed by atoms with E-state index in [1.54, 1.807) is 32.1 Å². The SMILES string of the molecule is C=C.CC.CC#CC(=C/C(C)=C/C#CCOC(C)=O)/C(=C\C)C(=O)OC.CCc1cccc(CN)c1.COC(=O)NCc1cccc(CN)c1.COC(C)=O. The minimum absolute atomic E-state index is 0.0483. The third kappa shape index (κ3) is 32.5. The molecule has 1 amide bonds. The summed E-state index contributed by atoms with van der Waals surface area (Å²) in [5.41, 5.74) is 17.4. The van der Waals surface area contributed by atoms with Gasteiger partial charge in [-0.15, -0.1) is 19.1 Å². The highest BCUT2D eigenvalue weighted by atomic mass is 16.5. The van der Waals surface area contributed by atoms with Crippen LogP contribution in [0.3, 0.4) is 0 Å². The van der Waals surface area contributed by atoms with Gasteiger partial charge in [0.05, 0.1) is 26.9 Å². The molecule has 0 saturated carbocycles. The van der Waals surface area contributed by atoms with Gasteiger partial charge in [0.25, 0.3) is 0 Å². The molecule has 11 nitrogen and oxygen atoms in total. The maximum absolute atomic E-state index is 11.7. The number of amides is 1. The standard InChI is InChI=1S/C18H20O4.C10H14N2O2.C9H13N.C3H6O2.C2H6.C2H4/c1-6-10-16(17(7-2)18(20)21-5)13-14(3)11-8-9-12-22-15(4)19;1-14-10(13)12-7-9-4-2-3-8(5-9)6-11;1-2-8-4-3-5-9(6-8)7-10;1-3(4)5-2;2*1-2/h7,11,13H,12H2,1-5H3;2-5H,6-7,11H2,1H3,(H,12,13);3-6H,2,7,10H2,1H3;1-2H3;1-2H3;1-2H2/b14-11+,16-13-,17-7+;;;;;. The van der Waals surface area contributed by atoms with Gasteiger partial charge in [0.1, 0.15) is 0 Å². The van der Waals surface area contributed by atoms with Crippen molar-refractivity contribution in [3.8, 4) is 23.7 Å². The minimum atomic E-state index is -0.440. The van der Waals surface area contributed by atoms with Crippen molar-refractivity contribution < 1.29 is 38.1 Å². The first-order chi connectivity index (χ1) is 26.3. The zero-order valence-corrected chi connectivity index (χ0v) is 34.7. The Morgan fingerprint density at radius 3 is 1.75 bits per heavy atom. The molecule has 5 N–H and O–H groups in total. The molecular formula is C44H63N3O8. The molecule has 55 heavy (non-hydrogen) atoms. The van der Waals surface area contributed by atoms with E-state index < -0.39 is 12.1 Å². The van der Waals surface area contributed by atoms with Crippen LogP contribution in [0.2, 0.25) is 0 Å². The van der Waals surface area contributed by atoms with Gasteiger partial charge in [-0.25, -0.2) is 9.59 Å². The largest absolute Gasteiger partial charge is 0.469 e. The number of allylic oxidation sites excluding steroid dienone is 4. The van der Waals surface area contributed by atoms with Gasteiger partial charge in [-0.05, 0) is 67.2 Å². The summed E-state index contributed by atoms with van der Waals surface area (Å²) in [7, 11) is 4.01. The average molecular weight is 762 g/mol. The van der Waals surface area contributed by atoms with E-state index in [1.165, 1.54) is 46.3 Å². The molecule has 2 aromatic rings. The van der Waals surface area contributed by atoms with E-state index in [1.807, 2.05) is 45.0 Å². The zero-order valence-electron chi connectivity index (χ0n) is 34.7. The number of hydrogen-bond acceptors (Lipinski definition) is 10. The highest BCUT2D eigenvalue weighted by molar-refractivity contribution is 5.95. The Morgan fingerprint density at radius 2 is 1.33 bits per heavy atom. The lowest BCUT2D eigenvalue weighted by Crippen LogP contribution is -2.22. The topological polar surface area (TPSA) is 169 Å². The molecule has 0 bridgehead atoms. The van der Waals surface area contributed by atoms with Crippen molar-refractivity contribution in [2.75, 3.05) is 27.9 Å². The summed E-state index contributed by atoms with van der Waals surface area (Å²) in [6.45, 7) is 21.8. The van der Waals surface area contributed by atoms with Crippen LogP contribution in [0.15, 0.2) is 96.6 Å². The van der Waals surface area contributed by atoms with Crippen LogP contribution in [-0.2, 0) is 59.4 Å². The normalized spacial score (nSPS) is 9.65. The molecule has 0 aliphatic carbocycles. The average Bonchev–Trinajstić information content (AvgIpc) is 3.22. The highest BCUT2D eigenvalue weighted by Crippen LogP contribution is 2.14. The van der Waals surface area contributed by atoms with Crippen LogP contribution >= 0.6 is 0 Å². The number of methoxy groups -OCH3 is 3. The Morgan fingerprint density at radius 1 is 0.818 bits per heavy atom. The molecule has 0 aliphatic heterocycles. The quantitative estimate of drug-likeness (QED) is 0.0589. The summed E-state index contributed by atoms with van der Waals surface area (Å²) in [6.07, 6.45) is 5.73. The van der Waals surface area contributed by atoms with Gasteiger partial charge >= 0.3 is 24.0 Å². The summed E-state index contributed by atoms with van der Waals surface area (Å²) >= 11 is 0. The molecule has 0 aromatic heterocycles. The second-order valence-electron chi connectivity index (χ2n) is 10.1. The van der Waals surface area contributed by atoms with Crippen molar-refractivity contribution in [3.63, 3.8) is 0 Å². The van der Waals surface area contributed by atoms with Gasteiger partial charge in [0.15, 0.2) is 6.61 Å². The highest BCUT2D eigenvalue weighted by Gasteiger charge is 2.12. The molecule has 0 heterocycles. The second-order valence-corrected chi connectivity index (χ2v) is 10.1. The molecule has 2 aromatic carbocycles. The Bertz CT molecular complexity index is 1600. The molecule has 0 spiro atoms. The van der Waals surface area contributed by atoms with Crippen molar-refractivity contribution in [2.45, 2.75) is 81.4 Å². The first-order valence-corrected chi connectivity index (χ1v) is 17.5. The van der Waals surface area contributed by atoms with E-state index >= 15 is 0 Å². The van der Waals surface area contributed by atoms with Gasteiger partial charge in [-0.1, -0.05) is 93.1 Å². The summed E-state index contributed by atoms with van der Waals surface area (Å²) in [5, 5.41) is 2.60. The van der Waals surface area contributed by atoms with Gasteiger partial charge in [0.2, 0.25) is 0 Å². The number of rotatable bonds is 9. The summed E-state index contributed by atoms with van der Waals surface area (Å²) in [5.74, 6) is 10.1. The fourth-order valence-corrected chi connectivity index (χ4v) is 3.51. The number of hydrogen-bond donors (Lipinski definition) is 3. The number of nitrogens with two attached hydrogens (primary N) is 2. The molecule has 0 atom stereocenters. The molecular weight excluding hydrogens is 698 g/mol. The Hall–Kier alpha value is -5.88. The number of esters is 3. The van der Waals surface area contributed by atoms with Crippen molar-refractivity contribution in [1.82, 2.24) is 5.32 Å². The van der Waals surface area contributed by atoms with Crippen molar-refractivity contribution in [3.05, 3.63) is 119 Å². The van der Waals surface area contributed by atoms with Crippen molar-refractivity contribution in [2.24, 2.45) is 11.5 Å². The van der Waals surface area contributed by atoms with Gasteiger partial charge < -0.3 is 35.7 Å². The third-order valence-corrected chi connectivity index (χ3v) is 6.14. The van der Waals surface area contributed by atoms with Gasteiger partial charge in [-0.2, -0.15) is 0 Å². The predicted octanol–water partition coefficient (Wildman–Crippen LogP) is 7.28. The molecule has 0 saturated heterocycles. The first kappa shape index (κ1) is 55.9. The number of carbonyl (C=O) groups excluding carboxylic acids is 4. The van der Waals surface area contributed by atoms with Crippen LogP contribution in [0.25, 0.3) is 0 Å². The molecule has 302 valence electrons. The fourth-order valence-electron chi connectivity index (χ4n) is 3.51. The van der Waals surface area contributed by atoms with Crippen molar-refractivity contribution in [1.29, 1.82) is 0 Å². The van der Waals surface area contributed by atoms with Crippen LogP contribution in [0.5, 0.6) is 0 Å². The Balaban J connectivity index is -0.000000336. The lowest BCUT2D eigenvalue weighted by Gasteiger charge is -2.04. The molecule has 0 aliphatic rings. The van der Waals surface area contributed by atoms with E-state index in [2.05, 4.69) is 82.8 Å². The van der Waals surface area contributed by atoms with E-state index in [9.17, 15) is 19.2 Å². The monoisotopic (exact) mass is 761 g/mol. The van der Waals surface area contributed by atoms with Crippen LogP contribution in [0.1, 0.15) is 77.6 Å². The zero-order chi connectivity index (χ0) is 43.0. The Labute approximate surface area is 330 Å². The van der Waals surface area contributed by atoms with Gasteiger partial charge in [0, 0.05) is 39.1 Å².